The zero-order valence-electron chi connectivity index (χ0n) is 12.1. The van der Waals surface area contributed by atoms with Crippen LogP contribution in [-0.2, 0) is 14.3 Å². The monoisotopic (exact) mass is 281 g/mol. The van der Waals surface area contributed by atoms with Gasteiger partial charge >= 0.3 is 11.9 Å². The van der Waals surface area contributed by atoms with Gasteiger partial charge in [-0.2, -0.15) is 0 Å². The van der Waals surface area contributed by atoms with E-state index in [1.54, 1.807) is 32.0 Å². The van der Waals surface area contributed by atoms with Crippen LogP contribution < -0.4 is 10.5 Å². The van der Waals surface area contributed by atoms with Crippen LogP contribution in [-0.4, -0.2) is 32.8 Å². The second-order valence-electron chi connectivity index (χ2n) is 4.88. The molecular weight excluding hydrogens is 262 g/mol. The third kappa shape index (κ3) is 3.40. The summed E-state index contributed by atoms with van der Waals surface area (Å²) in [5.74, 6) is -0.719. The van der Waals surface area contributed by atoms with E-state index in [1.807, 2.05) is 0 Å². The Morgan fingerprint density at radius 3 is 2.40 bits per heavy atom. The highest BCUT2D eigenvalue weighted by Gasteiger charge is 2.30. The first kappa shape index (κ1) is 15.8. The predicted molar refractivity (Wildman–Crippen MR) is 73.5 cm³/mol. The minimum Gasteiger partial charge on any atom is -0.491 e. The number of anilines is 1. The standard InChI is InChI=1S/C14H19NO5/c1-14(2,13(17)19-4)8-20-10-7-5-6-9(15)11(10)12(16)18-3/h5-7H,8,15H2,1-4H3. The van der Waals surface area contributed by atoms with Gasteiger partial charge in [0.2, 0.25) is 0 Å². The topological polar surface area (TPSA) is 87.9 Å². The number of carbonyl (C=O) groups excluding carboxylic acids is 2. The van der Waals surface area contributed by atoms with Crippen LogP contribution in [0.4, 0.5) is 5.69 Å². The van der Waals surface area contributed by atoms with E-state index in [0.717, 1.165) is 0 Å². The zero-order valence-corrected chi connectivity index (χ0v) is 12.1. The molecule has 0 radical (unpaired) electrons. The van der Waals surface area contributed by atoms with Crippen LogP contribution in [0.15, 0.2) is 18.2 Å². The van der Waals surface area contributed by atoms with Gasteiger partial charge in [-0.25, -0.2) is 4.79 Å². The molecule has 0 aliphatic carbocycles. The number of nitrogens with two attached hydrogens (primary N) is 1. The summed E-state index contributed by atoms with van der Waals surface area (Å²) in [6.07, 6.45) is 0. The quantitative estimate of drug-likeness (QED) is 0.652. The zero-order chi connectivity index (χ0) is 15.3. The molecule has 0 saturated heterocycles. The van der Waals surface area contributed by atoms with E-state index in [2.05, 4.69) is 4.74 Å². The summed E-state index contributed by atoms with van der Waals surface area (Å²) < 4.78 is 14.9. The minimum absolute atomic E-state index is 0.0487. The van der Waals surface area contributed by atoms with Crippen molar-refractivity contribution in [1.82, 2.24) is 0 Å². The Hall–Kier alpha value is -2.24. The van der Waals surface area contributed by atoms with Gasteiger partial charge in [-0.1, -0.05) is 6.07 Å². The van der Waals surface area contributed by atoms with Crippen molar-refractivity contribution in [2.45, 2.75) is 13.8 Å². The molecule has 0 aliphatic heterocycles. The van der Waals surface area contributed by atoms with E-state index in [4.69, 9.17) is 15.2 Å². The number of esters is 2. The Bertz CT molecular complexity index is 510. The van der Waals surface area contributed by atoms with E-state index in [0.29, 0.717) is 0 Å². The van der Waals surface area contributed by atoms with Crippen molar-refractivity contribution in [3.05, 3.63) is 23.8 Å². The maximum atomic E-state index is 11.7. The van der Waals surface area contributed by atoms with Gasteiger partial charge in [0.1, 0.15) is 17.9 Å². The summed E-state index contributed by atoms with van der Waals surface area (Å²) in [6, 6.07) is 4.82. The highest BCUT2D eigenvalue weighted by molar-refractivity contribution is 5.98. The van der Waals surface area contributed by atoms with E-state index < -0.39 is 17.4 Å². The Labute approximate surface area is 117 Å². The van der Waals surface area contributed by atoms with Gasteiger partial charge in [0.15, 0.2) is 0 Å². The smallest absolute Gasteiger partial charge is 0.343 e. The fraction of sp³-hybridized carbons (Fsp3) is 0.429. The Balaban J connectivity index is 2.97. The largest absolute Gasteiger partial charge is 0.491 e. The van der Waals surface area contributed by atoms with Crippen molar-refractivity contribution in [1.29, 1.82) is 0 Å². The van der Waals surface area contributed by atoms with Crippen LogP contribution in [0.5, 0.6) is 5.75 Å². The molecule has 6 heteroatoms. The fourth-order valence-corrected chi connectivity index (χ4v) is 1.58. The number of carbonyl (C=O) groups is 2. The molecule has 0 aliphatic rings. The maximum Gasteiger partial charge on any atom is 0.343 e. The molecular formula is C14H19NO5. The molecule has 2 N–H and O–H groups in total. The third-order valence-corrected chi connectivity index (χ3v) is 2.77. The number of nitrogen functional groups attached to an aromatic ring is 1. The summed E-state index contributed by atoms with van der Waals surface area (Å²) in [7, 11) is 2.57. The number of rotatable bonds is 5. The molecule has 1 aromatic rings. The van der Waals surface area contributed by atoms with Crippen LogP contribution in [0.1, 0.15) is 24.2 Å². The summed E-state index contributed by atoms with van der Waals surface area (Å²) in [5, 5.41) is 0. The van der Waals surface area contributed by atoms with Gasteiger partial charge in [0.25, 0.3) is 0 Å². The van der Waals surface area contributed by atoms with Gasteiger partial charge in [0.05, 0.1) is 19.6 Å². The lowest BCUT2D eigenvalue weighted by Crippen LogP contribution is -2.32. The molecule has 1 aromatic carbocycles. The first-order valence-electron chi connectivity index (χ1n) is 6.01. The molecule has 0 bridgehead atoms. The first-order valence-corrected chi connectivity index (χ1v) is 6.01. The lowest BCUT2D eigenvalue weighted by molar-refractivity contribution is -0.152. The highest BCUT2D eigenvalue weighted by Crippen LogP contribution is 2.27. The summed E-state index contributed by atoms with van der Waals surface area (Å²) >= 11 is 0. The van der Waals surface area contributed by atoms with Crippen molar-refractivity contribution in [2.75, 3.05) is 26.6 Å². The molecule has 0 amide bonds. The van der Waals surface area contributed by atoms with Crippen molar-refractivity contribution in [3.63, 3.8) is 0 Å². The van der Waals surface area contributed by atoms with Gasteiger partial charge in [-0.3, -0.25) is 4.79 Å². The van der Waals surface area contributed by atoms with Crippen molar-refractivity contribution in [3.8, 4) is 5.75 Å². The van der Waals surface area contributed by atoms with Crippen LogP contribution in [0, 0.1) is 5.41 Å². The van der Waals surface area contributed by atoms with Crippen LogP contribution in [0.2, 0.25) is 0 Å². The molecule has 0 spiro atoms. The fourth-order valence-electron chi connectivity index (χ4n) is 1.58. The number of benzene rings is 1. The third-order valence-electron chi connectivity index (χ3n) is 2.77. The van der Waals surface area contributed by atoms with Gasteiger partial charge in [-0.05, 0) is 26.0 Å². The van der Waals surface area contributed by atoms with E-state index >= 15 is 0 Å². The van der Waals surface area contributed by atoms with E-state index in [9.17, 15) is 9.59 Å². The summed E-state index contributed by atoms with van der Waals surface area (Å²) in [4.78, 5) is 23.3. The average Bonchev–Trinajstić information content (AvgIpc) is 2.43. The molecule has 110 valence electrons. The number of ether oxygens (including phenoxy) is 3. The molecule has 0 atom stereocenters. The average molecular weight is 281 g/mol. The summed E-state index contributed by atoms with van der Waals surface area (Å²) in [5.41, 5.74) is 5.31. The predicted octanol–water partition coefficient (Wildman–Crippen LogP) is 1.63. The molecule has 0 heterocycles. The van der Waals surface area contributed by atoms with Gasteiger partial charge in [0, 0.05) is 5.69 Å². The second kappa shape index (κ2) is 6.27. The Morgan fingerprint density at radius 2 is 1.85 bits per heavy atom. The molecule has 1 rings (SSSR count). The van der Waals surface area contributed by atoms with E-state index in [-0.39, 0.29) is 23.6 Å². The highest BCUT2D eigenvalue weighted by atomic mass is 16.5. The molecule has 20 heavy (non-hydrogen) atoms. The molecule has 0 unspecified atom stereocenters. The van der Waals surface area contributed by atoms with Crippen molar-refractivity contribution >= 4 is 17.6 Å². The Kier molecular flexibility index (Phi) is 4.96. The van der Waals surface area contributed by atoms with Crippen LogP contribution in [0.25, 0.3) is 0 Å². The first-order chi connectivity index (χ1) is 9.33. The minimum atomic E-state index is -0.841. The second-order valence-corrected chi connectivity index (χ2v) is 4.88. The van der Waals surface area contributed by atoms with E-state index in [1.165, 1.54) is 14.2 Å². The molecule has 0 saturated carbocycles. The molecule has 6 nitrogen and oxygen atoms in total. The lowest BCUT2D eigenvalue weighted by Gasteiger charge is -2.22. The van der Waals surface area contributed by atoms with Gasteiger partial charge in [-0.15, -0.1) is 0 Å². The van der Waals surface area contributed by atoms with Crippen LogP contribution in [0.3, 0.4) is 0 Å². The van der Waals surface area contributed by atoms with Crippen molar-refractivity contribution < 1.29 is 23.8 Å². The summed E-state index contributed by atoms with van der Waals surface area (Å²) in [6.45, 7) is 3.42. The maximum absolute atomic E-state index is 11.7. The van der Waals surface area contributed by atoms with Gasteiger partial charge < -0.3 is 19.9 Å². The molecule has 0 fully saturated rings. The van der Waals surface area contributed by atoms with Crippen molar-refractivity contribution in [2.24, 2.45) is 5.41 Å². The lowest BCUT2D eigenvalue weighted by atomic mass is 9.95. The number of methoxy groups -OCH3 is 2. The SMILES string of the molecule is COC(=O)c1c(N)cccc1OCC(C)(C)C(=O)OC. The normalized spacial score (nSPS) is 10.8. The van der Waals surface area contributed by atoms with Crippen LogP contribution >= 0.6 is 0 Å². The Morgan fingerprint density at radius 1 is 1.20 bits per heavy atom. The number of hydrogen-bond acceptors (Lipinski definition) is 6. The molecule has 0 aromatic heterocycles. The number of hydrogen-bond donors (Lipinski definition) is 1.